The minimum absolute atomic E-state index is 0.420. The topological polar surface area (TPSA) is 53.7 Å². The lowest BCUT2D eigenvalue weighted by molar-refractivity contribution is 0.0602. The monoisotopic (exact) mass is 263 g/mol. The van der Waals surface area contributed by atoms with Crippen LogP contribution >= 0.6 is 0 Å². The summed E-state index contributed by atoms with van der Waals surface area (Å²) in [5.74, 6) is 1.38. The van der Waals surface area contributed by atoms with Crippen LogP contribution in [0, 0.1) is 0 Å². The number of oxazole rings is 1. The molecule has 0 atom stereocenters. The summed E-state index contributed by atoms with van der Waals surface area (Å²) in [5, 5.41) is 0. The van der Waals surface area contributed by atoms with E-state index < -0.39 is 0 Å². The van der Waals surface area contributed by atoms with Crippen molar-refractivity contribution in [1.82, 2.24) is 4.98 Å². The van der Waals surface area contributed by atoms with Crippen molar-refractivity contribution in [1.29, 1.82) is 0 Å². The van der Waals surface area contributed by atoms with Gasteiger partial charge in [0.1, 0.15) is 17.7 Å². The highest BCUT2D eigenvalue weighted by atomic mass is 16.5. The fraction of sp³-hybridized carbons (Fsp3) is 0.357. The van der Waals surface area contributed by atoms with Crippen LogP contribution in [0.15, 0.2) is 34.9 Å². The number of nitrogens with zero attached hydrogens (tertiary/aromatic N) is 1. The van der Waals surface area contributed by atoms with Gasteiger partial charge in [-0.2, -0.15) is 0 Å². The fourth-order valence-electron chi connectivity index (χ4n) is 1.56. The van der Waals surface area contributed by atoms with Gasteiger partial charge in [0, 0.05) is 12.7 Å². The molecule has 0 fully saturated rings. The molecule has 102 valence electrons. The standard InChI is InChI=1S/C14H17NO4/c1-16-7-8-18-9-12-10-19-14(15-12)11-3-5-13(17-2)6-4-11/h3-6,10H,7-9H2,1-2H3. The maximum atomic E-state index is 5.42. The molecule has 0 saturated heterocycles. The third-order valence-corrected chi connectivity index (χ3v) is 2.57. The van der Waals surface area contributed by atoms with E-state index in [2.05, 4.69) is 4.98 Å². The van der Waals surface area contributed by atoms with Crippen LogP contribution in [0.2, 0.25) is 0 Å². The molecule has 0 unspecified atom stereocenters. The molecule has 1 aromatic heterocycles. The van der Waals surface area contributed by atoms with Crippen molar-refractivity contribution in [2.45, 2.75) is 6.61 Å². The Bertz CT molecular complexity index is 492. The molecule has 0 amide bonds. The summed E-state index contributed by atoms with van der Waals surface area (Å²) in [4.78, 5) is 4.36. The summed E-state index contributed by atoms with van der Waals surface area (Å²) in [6.07, 6.45) is 1.60. The van der Waals surface area contributed by atoms with Crippen LogP contribution in [0.4, 0.5) is 0 Å². The highest BCUT2D eigenvalue weighted by Crippen LogP contribution is 2.21. The first-order valence-electron chi connectivity index (χ1n) is 5.99. The molecule has 5 heteroatoms. The molecule has 0 aliphatic heterocycles. The van der Waals surface area contributed by atoms with Crippen LogP contribution in [-0.4, -0.2) is 32.4 Å². The molecule has 0 aliphatic carbocycles. The average molecular weight is 263 g/mol. The van der Waals surface area contributed by atoms with Crippen LogP contribution in [-0.2, 0) is 16.1 Å². The Morgan fingerprint density at radius 1 is 1.11 bits per heavy atom. The zero-order valence-corrected chi connectivity index (χ0v) is 11.1. The highest BCUT2D eigenvalue weighted by molar-refractivity contribution is 5.54. The lowest BCUT2D eigenvalue weighted by Gasteiger charge is -2.00. The molecule has 2 rings (SSSR count). The minimum Gasteiger partial charge on any atom is -0.497 e. The lowest BCUT2D eigenvalue weighted by Crippen LogP contribution is -2.01. The van der Waals surface area contributed by atoms with E-state index >= 15 is 0 Å². The maximum absolute atomic E-state index is 5.42. The minimum atomic E-state index is 0.420. The van der Waals surface area contributed by atoms with Crippen LogP contribution in [0.25, 0.3) is 11.5 Å². The molecular formula is C14H17NO4. The van der Waals surface area contributed by atoms with Gasteiger partial charge in [0.05, 0.1) is 26.9 Å². The maximum Gasteiger partial charge on any atom is 0.226 e. The Morgan fingerprint density at radius 3 is 2.58 bits per heavy atom. The van der Waals surface area contributed by atoms with E-state index in [1.807, 2.05) is 24.3 Å². The zero-order chi connectivity index (χ0) is 13.5. The molecule has 5 nitrogen and oxygen atoms in total. The molecule has 19 heavy (non-hydrogen) atoms. The van der Waals surface area contributed by atoms with Gasteiger partial charge < -0.3 is 18.6 Å². The SMILES string of the molecule is COCCOCc1coc(-c2ccc(OC)cc2)n1. The van der Waals surface area contributed by atoms with E-state index in [4.69, 9.17) is 18.6 Å². The van der Waals surface area contributed by atoms with Gasteiger partial charge in [0.15, 0.2) is 0 Å². The number of benzene rings is 1. The van der Waals surface area contributed by atoms with Crippen molar-refractivity contribution in [3.05, 3.63) is 36.2 Å². The first-order chi connectivity index (χ1) is 9.33. The van der Waals surface area contributed by atoms with Gasteiger partial charge in [-0.05, 0) is 24.3 Å². The Morgan fingerprint density at radius 2 is 1.89 bits per heavy atom. The second-order valence-electron chi connectivity index (χ2n) is 3.92. The van der Waals surface area contributed by atoms with Crippen LogP contribution in [0.5, 0.6) is 5.75 Å². The largest absolute Gasteiger partial charge is 0.497 e. The fourth-order valence-corrected chi connectivity index (χ4v) is 1.56. The summed E-state index contributed by atoms with van der Waals surface area (Å²) in [6.45, 7) is 1.54. The van der Waals surface area contributed by atoms with Crippen molar-refractivity contribution >= 4 is 0 Å². The van der Waals surface area contributed by atoms with Crippen molar-refractivity contribution in [3.63, 3.8) is 0 Å². The summed E-state index contributed by atoms with van der Waals surface area (Å²) in [6, 6.07) is 7.54. The molecule has 0 bridgehead atoms. The number of rotatable bonds is 7. The van der Waals surface area contributed by atoms with Gasteiger partial charge in [0.25, 0.3) is 0 Å². The summed E-state index contributed by atoms with van der Waals surface area (Å²) < 4.78 is 20.8. The van der Waals surface area contributed by atoms with Crippen molar-refractivity contribution in [3.8, 4) is 17.2 Å². The third kappa shape index (κ3) is 3.81. The molecule has 1 aromatic carbocycles. The predicted molar refractivity (Wildman–Crippen MR) is 70.0 cm³/mol. The lowest BCUT2D eigenvalue weighted by atomic mass is 10.2. The van der Waals surface area contributed by atoms with E-state index in [9.17, 15) is 0 Å². The van der Waals surface area contributed by atoms with E-state index in [0.29, 0.717) is 25.7 Å². The smallest absolute Gasteiger partial charge is 0.226 e. The zero-order valence-electron chi connectivity index (χ0n) is 11.1. The normalized spacial score (nSPS) is 10.6. The van der Waals surface area contributed by atoms with Gasteiger partial charge in [-0.3, -0.25) is 0 Å². The Labute approximate surface area is 112 Å². The van der Waals surface area contributed by atoms with Crippen molar-refractivity contribution in [2.75, 3.05) is 27.4 Å². The first-order valence-corrected chi connectivity index (χ1v) is 5.99. The molecule has 0 N–H and O–H groups in total. The van der Waals surface area contributed by atoms with Gasteiger partial charge in [0.2, 0.25) is 5.89 Å². The van der Waals surface area contributed by atoms with E-state index in [1.54, 1.807) is 20.5 Å². The van der Waals surface area contributed by atoms with E-state index in [1.165, 1.54) is 0 Å². The molecular weight excluding hydrogens is 246 g/mol. The number of methoxy groups -OCH3 is 2. The van der Waals surface area contributed by atoms with Gasteiger partial charge in [-0.1, -0.05) is 0 Å². The van der Waals surface area contributed by atoms with Crippen LogP contribution in [0.3, 0.4) is 0 Å². The summed E-state index contributed by atoms with van der Waals surface area (Å²) in [5.41, 5.74) is 1.67. The molecule has 0 aliphatic rings. The summed E-state index contributed by atoms with van der Waals surface area (Å²) >= 11 is 0. The highest BCUT2D eigenvalue weighted by Gasteiger charge is 2.06. The number of hydrogen-bond acceptors (Lipinski definition) is 5. The molecule has 1 heterocycles. The Kier molecular flexibility index (Phi) is 4.94. The number of ether oxygens (including phenoxy) is 3. The molecule has 0 spiro atoms. The van der Waals surface area contributed by atoms with Gasteiger partial charge >= 0.3 is 0 Å². The van der Waals surface area contributed by atoms with Crippen molar-refractivity contribution in [2.24, 2.45) is 0 Å². The van der Waals surface area contributed by atoms with Crippen LogP contribution in [0.1, 0.15) is 5.69 Å². The van der Waals surface area contributed by atoms with Gasteiger partial charge in [-0.15, -0.1) is 0 Å². The predicted octanol–water partition coefficient (Wildman–Crippen LogP) is 2.51. The second kappa shape index (κ2) is 6.92. The van der Waals surface area contributed by atoms with E-state index in [0.717, 1.165) is 17.0 Å². The van der Waals surface area contributed by atoms with Crippen molar-refractivity contribution < 1.29 is 18.6 Å². The Hall–Kier alpha value is -1.85. The van der Waals surface area contributed by atoms with Crippen LogP contribution < -0.4 is 4.74 Å². The van der Waals surface area contributed by atoms with Gasteiger partial charge in [-0.25, -0.2) is 4.98 Å². The Balaban J connectivity index is 1.95. The second-order valence-corrected chi connectivity index (χ2v) is 3.92. The molecule has 0 radical (unpaired) electrons. The first kappa shape index (κ1) is 13.6. The molecule has 0 saturated carbocycles. The average Bonchev–Trinajstić information content (AvgIpc) is 2.92. The molecule has 2 aromatic rings. The number of hydrogen-bond donors (Lipinski definition) is 0. The quantitative estimate of drug-likeness (QED) is 0.718. The van der Waals surface area contributed by atoms with E-state index in [-0.39, 0.29) is 0 Å². The third-order valence-electron chi connectivity index (χ3n) is 2.57. The number of aromatic nitrogens is 1. The summed E-state index contributed by atoms with van der Waals surface area (Å²) in [7, 11) is 3.27.